The molecule has 0 fully saturated rings. The van der Waals surface area contributed by atoms with E-state index in [0.717, 1.165) is 17.6 Å². The van der Waals surface area contributed by atoms with Crippen LogP contribution in [0.15, 0.2) is 0 Å². The normalized spacial score (nSPS) is 11.5. The van der Waals surface area contributed by atoms with Crippen LogP contribution in [-0.4, -0.2) is 105 Å². The lowest BCUT2D eigenvalue weighted by molar-refractivity contribution is -0.890. The SMILES string of the molecule is CCCCCCCCCCCCCC[N+](C)(C)CCOC(=O)CSCCC(=O)OCC(CC)(COC(=O)CCS)COC(=O)CCS.[Br-]. The summed E-state index contributed by atoms with van der Waals surface area (Å²) < 4.78 is 22.5. The minimum Gasteiger partial charge on any atom is -1.00 e. The second kappa shape index (κ2) is 32.3. The number of carbonyl (C=O) groups is 4. The highest BCUT2D eigenvalue weighted by atomic mass is 79.9. The van der Waals surface area contributed by atoms with E-state index in [1.54, 1.807) is 0 Å². The van der Waals surface area contributed by atoms with Crippen LogP contribution in [-0.2, 0) is 38.1 Å². The van der Waals surface area contributed by atoms with Gasteiger partial charge < -0.3 is 40.4 Å². The van der Waals surface area contributed by atoms with Gasteiger partial charge in [0, 0.05) is 17.3 Å². The molecule has 0 unspecified atom stereocenters. The lowest BCUT2D eigenvalue weighted by Gasteiger charge is -2.31. The van der Waals surface area contributed by atoms with E-state index in [-0.39, 0.29) is 67.8 Å². The predicted octanol–water partition coefficient (Wildman–Crippen LogP) is 4.10. The Morgan fingerprint density at radius 1 is 0.604 bits per heavy atom. The Labute approximate surface area is 317 Å². The molecule has 13 heteroatoms. The average Bonchev–Trinajstić information content (AvgIpc) is 3.03. The first-order valence-electron chi connectivity index (χ1n) is 17.8. The van der Waals surface area contributed by atoms with E-state index in [2.05, 4.69) is 46.3 Å². The van der Waals surface area contributed by atoms with Gasteiger partial charge in [-0.1, -0.05) is 78.1 Å². The van der Waals surface area contributed by atoms with Crippen molar-refractivity contribution in [1.82, 2.24) is 0 Å². The number of rotatable bonds is 32. The molecule has 0 N–H and O–H groups in total. The quantitative estimate of drug-likeness (QED) is 0.0342. The largest absolute Gasteiger partial charge is 1.00 e. The van der Waals surface area contributed by atoms with Crippen molar-refractivity contribution in [2.24, 2.45) is 5.41 Å². The molecule has 0 aromatic carbocycles. The van der Waals surface area contributed by atoms with Crippen molar-refractivity contribution in [2.75, 3.05) is 76.6 Å². The molecule has 284 valence electrons. The number of esters is 4. The number of quaternary nitrogens is 1. The maximum absolute atomic E-state index is 12.5. The number of hydrogen-bond acceptors (Lipinski definition) is 11. The lowest BCUT2D eigenvalue weighted by atomic mass is 9.88. The van der Waals surface area contributed by atoms with E-state index in [0.29, 0.717) is 30.3 Å². The number of unbranched alkanes of at least 4 members (excludes halogenated alkanes) is 11. The van der Waals surface area contributed by atoms with Gasteiger partial charge in [0.25, 0.3) is 0 Å². The molecule has 0 amide bonds. The number of halogens is 1. The zero-order valence-corrected chi connectivity index (χ0v) is 34.5. The van der Waals surface area contributed by atoms with Gasteiger partial charge in [-0.05, 0) is 19.3 Å². The highest BCUT2D eigenvalue weighted by Gasteiger charge is 2.34. The first-order chi connectivity index (χ1) is 22.5. The summed E-state index contributed by atoms with van der Waals surface area (Å²) >= 11 is 9.41. The van der Waals surface area contributed by atoms with E-state index in [4.69, 9.17) is 18.9 Å². The first kappa shape index (κ1) is 49.5. The standard InChI is InChI=1S/C35H65NO8S3.BrH/c1-5-7-8-9-10-11-12-13-14-15-16-17-21-36(3,4)22-23-41-34(40)27-47-26-20-33(39)44-30-35(6-2,28-42-31(37)18-24-45)29-43-32(38)19-25-46;/h5-30H2,1-4H3,(H-,45,46);1H. The van der Waals surface area contributed by atoms with Crippen molar-refractivity contribution in [3.63, 3.8) is 0 Å². The molecule has 0 bridgehead atoms. The van der Waals surface area contributed by atoms with Gasteiger partial charge in [-0.3, -0.25) is 19.2 Å². The number of carbonyl (C=O) groups excluding carboxylic acids is 4. The molecule has 0 heterocycles. The summed E-state index contributed by atoms with van der Waals surface area (Å²) in [6.45, 7) is 6.17. The Bertz CT molecular complexity index is 829. The van der Waals surface area contributed by atoms with Gasteiger partial charge in [-0.2, -0.15) is 25.3 Å². The molecule has 0 saturated carbocycles. The van der Waals surface area contributed by atoms with E-state index < -0.39 is 23.3 Å². The lowest BCUT2D eigenvalue weighted by Crippen LogP contribution is -3.00. The number of thioether (sulfide) groups is 1. The average molecular weight is 805 g/mol. The maximum Gasteiger partial charge on any atom is 0.316 e. The van der Waals surface area contributed by atoms with E-state index in [1.165, 1.54) is 88.8 Å². The fourth-order valence-corrected chi connectivity index (χ4v) is 5.85. The summed E-state index contributed by atoms with van der Waals surface area (Å²) in [6, 6.07) is 0. The summed E-state index contributed by atoms with van der Waals surface area (Å²) in [5.41, 5.74) is -0.857. The molecule has 0 aliphatic rings. The highest BCUT2D eigenvalue weighted by Crippen LogP contribution is 2.25. The second-order valence-electron chi connectivity index (χ2n) is 13.1. The Morgan fingerprint density at radius 3 is 1.48 bits per heavy atom. The molecule has 0 spiro atoms. The molecule has 48 heavy (non-hydrogen) atoms. The first-order valence-corrected chi connectivity index (χ1v) is 20.2. The van der Waals surface area contributed by atoms with Crippen LogP contribution in [0.25, 0.3) is 0 Å². The van der Waals surface area contributed by atoms with Crippen molar-refractivity contribution in [3.05, 3.63) is 0 Å². The van der Waals surface area contributed by atoms with Gasteiger partial charge in [0.05, 0.1) is 51.1 Å². The number of nitrogens with zero attached hydrogens (tertiary/aromatic N) is 1. The zero-order valence-electron chi connectivity index (χ0n) is 30.3. The van der Waals surface area contributed by atoms with Gasteiger partial charge in [-0.15, -0.1) is 11.8 Å². The van der Waals surface area contributed by atoms with Crippen LogP contribution >= 0.6 is 37.0 Å². The number of ether oxygens (including phenoxy) is 4. The van der Waals surface area contributed by atoms with Crippen molar-refractivity contribution >= 4 is 60.9 Å². The van der Waals surface area contributed by atoms with E-state index >= 15 is 0 Å². The third-order valence-corrected chi connectivity index (χ3v) is 9.63. The van der Waals surface area contributed by atoms with Gasteiger partial charge in [0.1, 0.15) is 33.0 Å². The molecule has 0 rings (SSSR count). The molecule has 0 saturated heterocycles. The van der Waals surface area contributed by atoms with Gasteiger partial charge in [-0.25, -0.2) is 0 Å². The maximum atomic E-state index is 12.5. The van der Waals surface area contributed by atoms with Crippen molar-refractivity contribution < 1.29 is 59.6 Å². The van der Waals surface area contributed by atoms with Gasteiger partial charge in [0.15, 0.2) is 0 Å². The van der Waals surface area contributed by atoms with Crippen LogP contribution < -0.4 is 17.0 Å². The molecule has 0 aromatic rings. The van der Waals surface area contributed by atoms with E-state index in [9.17, 15) is 19.2 Å². The van der Waals surface area contributed by atoms with E-state index in [1.807, 2.05) is 6.92 Å². The number of thiol groups is 2. The summed E-state index contributed by atoms with van der Waals surface area (Å²) in [6.07, 6.45) is 16.9. The molecule has 0 atom stereocenters. The van der Waals surface area contributed by atoms with Gasteiger partial charge >= 0.3 is 23.9 Å². The molecule has 0 aromatic heterocycles. The van der Waals surface area contributed by atoms with Crippen LogP contribution in [0.4, 0.5) is 0 Å². The van der Waals surface area contributed by atoms with Crippen LogP contribution in [0.3, 0.4) is 0 Å². The zero-order chi connectivity index (χ0) is 35.2. The number of likely N-dealkylation sites (N-methyl/N-ethyl adjacent to an activating group) is 1. The fraction of sp³-hybridized carbons (Fsp3) is 0.886. The Hall–Kier alpha value is -0.630. The van der Waals surface area contributed by atoms with Crippen LogP contribution in [0.5, 0.6) is 0 Å². The summed E-state index contributed by atoms with van der Waals surface area (Å²) in [5.74, 6) is -0.291. The molecule has 0 radical (unpaired) electrons. The smallest absolute Gasteiger partial charge is 0.316 e. The van der Waals surface area contributed by atoms with Crippen molar-refractivity contribution in [2.45, 2.75) is 117 Å². The predicted molar refractivity (Wildman–Crippen MR) is 198 cm³/mol. The van der Waals surface area contributed by atoms with Crippen LogP contribution in [0.2, 0.25) is 0 Å². The summed E-state index contributed by atoms with van der Waals surface area (Å²) in [5, 5.41) is 0. The molecule has 0 aliphatic heterocycles. The van der Waals surface area contributed by atoms with Crippen molar-refractivity contribution in [1.29, 1.82) is 0 Å². The van der Waals surface area contributed by atoms with Crippen LogP contribution in [0.1, 0.15) is 117 Å². The van der Waals surface area contributed by atoms with Crippen LogP contribution in [0, 0.1) is 5.41 Å². The Morgan fingerprint density at radius 2 is 1.04 bits per heavy atom. The highest BCUT2D eigenvalue weighted by molar-refractivity contribution is 7.99. The van der Waals surface area contributed by atoms with Gasteiger partial charge in [0.2, 0.25) is 0 Å². The summed E-state index contributed by atoms with van der Waals surface area (Å²) in [4.78, 5) is 48.5. The third-order valence-electron chi connectivity index (χ3n) is 8.25. The topological polar surface area (TPSA) is 105 Å². The Balaban J connectivity index is 0. The fourth-order valence-electron chi connectivity index (χ4n) is 4.78. The monoisotopic (exact) mass is 803 g/mol. The molecular formula is C35H66BrNO8S3. The number of hydrogen-bond donors (Lipinski definition) is 2. The van der Waals surface area contributed by atoms with Crippen molar-refractivity contribution in [3.8, 4) is 0 Å². The molecular weight excluding hydrogens is 738 g/mol. The summed E-state index contributed by atoms with van der Waals surface area (Å²) in [7, 11) is 4.36. The third kappa shape index (κ3) is 29.1. The molecule has 9 nitrogen and oxygen atoms in total. The minimum atomic E-state index is -0.857. The molecule has 0 aliphatic carbocycles. The second-order valence-corrected chi connectivity index (χ2v) is 15.1. The minimum absolute atomic E-state index is 0. The Kier molecular flexibility index (Phi) is 33.3.